The van der Waals surface area contributed by atoms with Crippen LogP contribution in [0, 0.1) is 0 Å². The van der Waals surface area contributed by atoms with Crippen LogP contribution in [0.2, 0.25) is 0 Å². The molecule has 0 aliphatic carbocycles. The zero-order valence-corrected chi connectivity index (χ0v) is 22.4. The van der Waals surface area contributed by atoms with Gasteiger partial charge in [-0.1, -0.05) is 13.8 Å². The van der Waals surface area contributed by atoms with Crippen molar-refractivity contribution >= 4 is 41.3 Å². The summed E-state index contributed by atoms with van der Waals surface area (Å²) in [5.41, 5.74) is -4.89. The monoisotopic (exact) mass is 553 g/mol. The molecule has 1 aliphatic rings. The fraction of sp³-hybridized carbons (Fsp3) is 0.440. The molecule has 1 aromatic carbocycles. The summed E-state index contributed by atoms with van der Waals surface area (Å²) in [5.74, 6) is -0.288. The van der Waals surface area contributed by atoms with Crippen molar-refractivity contribution in [2.75, 3.05) is 36.5 Å². The van der Waals surface area contributed by atoms with E-state index in [1.54, 1.807) is 26.0 Å². The summed E-state index contributed by atoms with van der Waals surface area (Å²) in [6.45, 7) is 9.77. The number of amides is 4. The van der Waals surface area contributed by atoms with Gasteiger partial charge in [0.05, 0.1) is 5.69 Å². The molecule has 1 aliphatic heterocycles. The largest absolute Gasteiger partial charge is 0.448 e. The smallest absolute Gasteiger partial charge is 0.446 e. The Hall–Kier alpha value is -3.32. The molecule has 0 saturated carbocycles. The molecule has 206 valence electrons. The summed E-state index contributed by atoms with van der Waals surface area (Å²) in [6.07, 6.45) is 0.804. The summed E-state index contributed by atoms with van der Waals surface area (Å²) < 4.78 is 43.1. The molecule has 0 bridgehead atoms. The number of carbonyl (C=O) groups is 3. The van der Waals surface area contributed by atoms with E-state index in [1.807, 2.05) is 13.8 Å². The maximum atomic E-state index is 13.3. The molecule has 0 spiro atoms. The molecule has 13 heteroatoms. The van der Waals surface area contributed by atoms with E-state index in [4.69, 9.17) is 4.74 Å². The highest BCUT2D eigenvalue weighted by atomic mass is 32.2. The fourth-order valence-electron chi connectivity index (χ4n) is 3.90. The molecule has 0 radical (unpaired) electrons. The third kappa shape index (κ3) is 7.16. The SMILES string of the molecule is CCN(CC)CCOC(=O)Nc1cc(CN2C(=O)N(c3ccc(SC(F)(F)F)cc3)C(=O)C2(C)C)ccn1. The van der Waals surface area contributed by atoms with Crippen molar-refractivity contribution in [2.24, 2.45) is 0 Å². The zero-order valence-electron chi connectivity index (χ0n) is 21.5. The lowest BCUT2D eigenvalue weighted by Crippen LogP contribution is -2.43. The normalized spacial score (nSPS) is 15.4. The number of imide groups is 1. The van der Waals surface area contributed by atoms with Crippen LogP contribution in [0.25, 0.3) is 0 Å². The molecule has 2 heterocycles. The average molecular weight is 554 g/mol. The molecule has 9 nitrogen and oxygen atoms in total. The Morgan fingerprint density at radius 1 is 1.13 bits per heavy atom. The Kier molecular flexibility index (Phi) is 9.26. The van der Waals surface area contributed by atoms with Gasteiger partial charge in [0.25, 0.3) is 5.91 Å². The number of carbonyl (C=O) groups excluding carboxylic acids is 3. The van der Waals surface area contributed by atoms with Gasteiger partial charge in [0.1, 0.15) is 18.0 Å². The van der Waals surface area contributed by atoms with Crippen LogP contribution < -0.4 is 10.2 Å². The second-order valence-corrected chi connectivity index (χ2v) is 10.1. The van der Waals surface area contributed by atoms with Crippen molar-refractivity contribution in [2.45, 2.75) is 50.2 Å². The Bertz CT molecular complexity index is 1160. The van der Waals surface area contributed by atoms with Crippen molar-refractivity contribution in [1.82, 2.24) is 14.8 Å². The van der Waals surface area contributed by atoms with Crippen LogP contribution in [-0.4, -0.2) is 70.1 Å². The average Bonchev–Trinajstić information content (AvgIpc) is 3.01. The number of rotatable bonds is 10. The number of hydrogen-bond donors (Lipinski definition) is 1. The van der Waals surface area contributed by atoms with Gasteiger partial charge in [-0.3, -0.25) is 10.1 Å². The number of nitrogens with one attached hydrogen (secondary N) is 1. The number of aromatic nitrogens is 1. The summed E-state index contributed by atoms with van der Waals surface area (Å²) in [6, 6.07) is 7.66. The number of nitrogens with zero attached hydrogens (tertiary/aromatic N) is 4. The highest BCUT2D eigenvalue weighted by Gasteiger charge is 2.51. The molecule has 2 aromatic rings. The molecule has 3 rings (SSSR count). The van der Waals surface area contributed by atoms with Gasteiger partial charge in [0.15, 0.2) is 0 Å². The minimum absolute atomic E-state index is 0.0320. The number of urea groups is 1. The van der Waals surface area contributed by atoms with Crippen LogP contribution in [0.1, 0.15) is 33.3 Å². The Morgan fingerprint density at radius 3 is 2.39 bits per heavy atom. The molecule has 1 N–H and O–H groups in total. The van der Waals surface area contributed by atoms with Gasteiger partial charge in [0, 0.05) is 24.2 Å². The van der Waals surface area contributed by atoms with E-state index in [-0.39, 0.29) is 41.3 Å². The lowest BCUT2D eigenvalue weighted by atomic mass is 10.0. The number of likely N-dealkylation sites (N-methyl/N-ethyl adjacent to an activating group) is 1. The minimum Gasteiger partial charge on any atom is -0.448 e. The lowest BCUT2D eigenvalue weighted by Gasteiger charge is -2.27. The fourth-order valence-corrected chi connectivity index (χ4v) is 4.44. The molecule has 1 fully saturated rings. The van der Waals surface area contributed by atoms with Crippen molar-refractivity contribution in [3.05, 3.63) is 48.2 Å². The molecule has 0 atom stereocenters. The van der Waals surface area contributed by atoms with E-state index >= 15 is 0 Å². The van der Waals surface area contributed by atoms with Gasteiger partial charge in [0.2, 0.25) is 0 Å². The molecule has 1 saturated heterocycles. The molecule has 38 heavy (non-hydrogen) atoms. The molecular formula is C25H30F3N5O4S. The Morgan fingerprint density at radius 2 is 1.79 bits per heavy atom. The quantitative estimate of drug-likeness (QED) is 0.314. The Balaban J connectivity index is 1.68. The third-order valence-corrected chi connectivity index (χ3v) is 6.82. The highest BCUT2D eigenvalue weighted by Crippen LogP contribution is 2.39. The number of benzene rings is 1. The van der Waals surface area contributed by atoms with Crippen LogP contribution in [0.3, 0.4) is 0 Å². The number of alkyl halides is 3. The van der Waals surface area contributed by atoms with Crippen molar-refractivity contribution in [1.29, 1.82) is 0 Å². The first kappa shape index (κ1) is 29.2. The number of ether oxygens (including phenoxy) is 1. The predicted molar refractivity (Wildman–Crippen MR) is 138 cm³/mol. The zero-order chi connectivity index (χ0) is 28.1. The summed E-state index contributed by atoms with van der Waals surface area (Å²) in [7, 11) is 0. The molecule has 4 amide bonds. The van der Waals surface area contributed by atoms with E-state index < -0.39 is 29.1 Å². The number of pyridine rings is 1. The van der Waals surface area contributed by atoms with Crippen LogP contribution in [0.4, 0.5) is 34.3 Å². The minimum atomic E-state index is -4.44. The molecule has 0 unspecified atom stereocenters. The number of thioether (sulfide) groups is 1. The van der Waals surface area contributed by atoms with E-state index in [9.17, 15) is 27.6 Å². The van der Waals surface area contributed by atoms with Gasteiger partial charge in [-0.05, 0) is 80.7 Å². The third-order valence-electron chi connectivity index (χ3n) is 6.08. The lowest BCUT2D eigenvalue weighted by molar-refractivity contribution is -0.123. The topological polar surface area (TPSA) is 95.1 Å². The maximum Gasteiger partial charge on any atom is 0.446 e. The van der Waals surface area contributed by atoms with E-state index in [2.05, 4.69) is 15.2 Å². The first-order valence-corrected chi connectivity index (χ1v) is 12.8. The van der Waals surface area contributed by atoms with Crippen LogP contribution >= 0.6 is 11.8 Å². The standard InChI is InChI=1S/C25H30F3N5O4S/c1-5-31(6-2)13-14-37-22(35)30-20-15-17(11-12-29-20)16-32-23(36)33(21(34)24(32,3)4)18-7-9-19(10-8-18)38-25(26,27)28/h7-12,15H,5-6,13-14,16H2,1-4H3,(H,29,30,35). The van der Waals surface area contributed by atoms with Crippen molar-refractivity contribution < 1.29 is 32.3 Å². The van der Waals surface area contributed by atoms with E-state index in [0.717, 1.165) is 18.0 Å². The number of hydrogen-bond acceptors (Lipinski definition) is 7. The van der Waals surface area contributed by atoms with Gasteiger partial charge in [-0.15, -0.1) is 0 Å². The van der Waals surface area contributed by atoms with Gasteiger partial charge in [-0.25, -0.2) is 19.5 Å². The van der Waals surface area contributed by atoms with Crippen LogP contribution in [-0.2, 0) is 16.1 Å². The molecular weight excluding hydrogens is 523 g/mol. The van der Waals surface area contributed by atoms with E-state index in [1.165, 1.54) is 35.4 Å². The van der Waals surface area contributed by atoms with Gasteiger partial charge < -0.3 is 14.5 Å². The van der Waals surface area contributed by atoms with Crippen LogP contribution in [0.15, 0.2) is 47.5 Å². The second-order valence-electron chi connectivity index (χ2n) is 8.95. The summed E-state index contributed by atoms with van der Waals surface area (Å²) in [5, 5.41) is 2.56. The molecule has 1 aromatic heterocycles. The van der Waals surface area contributed by atoms with Crippen molar-refractivity contribution in [3.8, 4) is 0 Å². The maximum absolute atomic E-state index is 13.3. The van der Waals surface area contributed by atoms with Gasteiger partial charge in [-0.2, -0.15) is 13.2 Å². The number of anilines is 2. The highest BCUT2D eigenvalue weighted by molar-refractivity contribution is 8.00. The first-order chi connectivity index (χ1) is 17.9. The first-order valence-electron chi connectivity index (χ1n) is 12.0. The van der Waals surface area contributed by atoms with Crippen LogP contribution in [0.5, 0.6) is 0 Å². The van der Waals surface area contributed by atoms with Gasteiger partial charge >= 0.3 is 17.6 Å². The predicted octanol–water partition coefficient (Wildman–Crippen LogP) is 5.33. The Labute approximate surface area is 223 Å². The number of halogens is 3. The second kappa shape index (κ2) is 12.0. The summed E-state index contributed by atoms with van der Waals surface area (Å²) in [4.78, 5) is 47.0. The van der Waals surface area contributed by atoms with Crippen molar-refractivity contribution in [3.63, 3.8) is 0 Å². The summed E-state index contributed by atoms with van der Waals surface area (Å²) >= 11 is -0.277. The van der Waals surface area contributed by atoms with E-state index in [0.29, 0.717) is 12.1 Å².